The summed E-state index contributed by atoms with van der Waals surface area (Å²) in [4.78, 5) is 18.8. The second-order valence-corrected chi connectivity index (χ2v) is 6.89. The standard InChI is InChI=1S/C19H20N4O2S/c1-13-17-11-16(25-8-5-20)3-2-14(17)4-7-23(13)19(24)15(12-21)10-18-22-6-9-26-18/h2-3,6,9-11,13H,4-5,7-8,20H2,1H3. The fourth-order valence-corrected chi connectivity index (χ4v) is 3.63. The highest BCUT2D eigenvalue weighted by Gasteiger charge is 2.29. The number of benzene rings is 1. The molecule has 1 aromatic carbocycles. The molecule has 0 bridgehead atoms. The maximum atomic E-state index is 12.9. The van der Waals surface area contributed by atoms with Crippen molar-refractivity contribution in [1.29, 1.82) is 5.26 Å². The molecule has 6 nitrogen and oxygen atoms in total. The number of ether oxygens (including phenoxy) is 1. The normalized spacial score (nSPS) is 16.7. The molecular formula is C19H20N4O2S. The predicted molar refractivity (Wildman–Crippen MR) is 101 cm³/mol. The molecule has 2 aromatic rings. The Balaban J connectivity index is 1.84. The highest BCUT2D eigenvalue weighted by molar-refractivity contribution is 7.10. The minimum atomic E-state index is -0.269. The van der Waals surface area contributed by atoms with Crippen LogP contribution in [0.5, 0.6) is 5.75 Å². The topological polar surface area (TPSA) is 92.2 Å². The van der Waals surface area contributed by atoms with E-state index in [0.717, 1.165) is 17.7 Å². The van der Waals surface area contributed by atoms with E-state index in [1.165, 1.54) is 16.9 Å². The number of thiazole rings is 1. The summed E-state index contributed by atoms with van der Waals surface area (Å²) >= 11 is 1.39. The first kappa shape index (κ1) is 18.1. The molecule has 3 rings (SSSR count). The molecule has 2 N–H and O–H groups in total. The number of rotatable bonds is 5. The molecule has 0 spiro atoms. The van der Waals surface area contributed by atoms with Gasteiger partial charge in [-0.15, -0.1) is 11.3 Å². The van der Waals surface area contributed by atoms with Crippen molar-refractivity contribution < 1.29 is 9.53 Å². The summed E-state index contributed by atoms with van der Waals surface area (Å²) in [6, 6.07) is 7.82. The lowest BCUT2D eigenvalue weighted by Gasteiger charge is -2.35. The molecule has 0 saturated carbocycles. The van der Waals surface area contributed by atoms with E-state index in [-0.39, 0.29) is 17.5 Å². The molecule has 0 radical (unpaired) electrons. The summed E-state index contributed by atoms with van der Waals surface area (Å²) in [5, 5.41) is 11.9. The monoisotopic (exact) mass is 368 g/mol. The minimum Gasteiger partial charge on any atom is -0.492 e. The van der Waals surface area contributed by atoms with E-state index in [1.807, 2.05) is 36.6 Å². The van der Waals surface area contributed by atoms with Crippen molar-refractivity contribution in [2.45, 2.75) is 19.4 Å². The zero-order chi connectivity index (χ0) is 18.5. The summed E-state index contributed by atoms with van der Waals surface area (Å²) in [7, 11) is 0. The maximum absolute atomic E-state index is 12.9. The van der Waals surface area contributed by atoms with Crippen LogP contribution >= 0.6 is 11.3 Å². The number of carbonyl (C=O) groups excluding carboxylic acids is 1. The van der Waals surface area contributed by atoms with Gasteiger partial charge in [0.05, 0.1) is 6.04 Å². The number of amides is 1. The molecule has 2 heterocycles. The number of carbonyl (C=O) groups is 1. The van der Waals surface area contributed by atoms with Gasteiger partial charge in [0.15, 0.2) is 0 Å². The van der Waals surface area contributed by atoms with E-state index >= 15 is 0 Å². The van der Waals surface area contributed by atoms with Gasteiger partial charge in [-0.1, -0.05) is 6.07 Å². The maximum Gasteiger partial charge on any atom is 0.265 e. The average Bonchev–Trinajstić information content (AvgIpc) is 3.17. The minimum absolute atomic E-state index is 0.103. The smallest absolute Gasteiger partial charge is 0.265 e. The van der Waals surface area contributed by atoms with Gasteiger partial charge in [0, 0.05) is 24.7 Å². The van der Waals surface area contributed by atoms with Crippen molar-refractivity contribution in [3.05, 3.63) is 51.5 Å². The molecule has 1 aliphatic heterocycles. The number of hydrogen-bond acceptors (Lipinski definition) is 6. The molecule has 1 amide bonds. The first-order chi connectivity index (χ1) is 12.6. The van der Waals surface area contributed by atoms with Crippen molar-refractivity contribution in [1.82, 2.24) is 9.88 Å². The van der Waals surface area contributed by atoms with Crippen LogP contribution in [0.25, 0.3) is 6.08 Å². The molecule has 0 saturated heterocycles. The Morgan fingerprint density at radius 1 is 1.58 bits per heavy atom. The number of aromatic nitrogens is 1. The molecule has 7 heteroatoms. The van der Waals surface area contributed by atoms with Gasteiger partial charge in [0.25, 0.3) is 5.91 Å². The Morgan fingerprint density at radius 3 is 3.12 bits per heavy atom. The third-order valence-corrected chi connectivity index (χ3v) is 5.10. The molecule has 1 aliphatic rings. The van der Waals surface area contributed by atoms with Crippen LogP contribution < -0.4 is 10.5 Å². The van der Waals surface area contributed by atoms with E-state index in [1.54, 1.807) is 17.2 Å². The van der Waals surface area contributed by atoms with E-state index in [9.17, 15) is 10.1 Å². The van der Waals surface area contributed by atoms with Gasteiger partial charge in [-0.3, -0.25) is 4.79 Å². The lowest BCUT2D eigenvalue weighted by Crippen LogP contribution is -2.39. The zero-order valence-corrected chi connectivity index (χ0v) is 15.3. The van der Waals surface area contributed by atoms with Gasteiger partial charge in [0.2, 0.25) is 0 Å². The van der Waals surface area contributed by atoms with Crippen molar-refractivity contribution in [3.63, 3.8) is 0 Å². The van der Waals surface area contributed by atoms with Crippen LogP contribution in [0.1, 0.15) is 29.1 Å². The van der Waals surface area contributed by atoms with Gasteiger partial charge in [-0.05, 0) is 42.7 Å². The lowest BCUT2D eigenvalue weighted by molar-refractivity contribution is -0.129. The Kier molecular flexibility index (Phi) is 5.66. The third-order valence-electron chi connectivity index (χ3n) is 4.37. The van der Waals surface area contributed by atoms with E-state index in [2.05, 4.69) is 4.98 Å². The van der Waals surface area contributed by atoms with Crippen molar-refractivity contribution in [2.24, 2.45) is 5.73 Å². The number of nitriles is 1. The number of hydrogen-bond donors (Lipinski definition) is 1. The molecule has 134 valence electrons. The fourth-order valence-electron chi connectivity index (χ4n) is 3.06. The van der Waals surface area contributed by atoms with Crippen LogP contribution in [0, 0.1) is 11.3 Å². The van der Waals surface area contributed by atoms with Crippen molar-refractivity contribution in [2.75, 3.05) is 19.7 Å². The van der Waals surface area contributed by atoms with E-state index < -0.39 is 0 Å². The van der Waals surface area contributed by atoms with Crippen LogP contribution in [0.3, 0.4) is 0 Å². The van der Waals surface area contributed by atoms with Gasteiger partial charge >= 0.3 is 0 Å². The Hall–Kier alpha value is -2.69. The fraction of sp³-hybridized carbons (Fsp3) is 0.316. The Labute approximate surface area is 156 Å². The summed E-state index contributed by atoms with van der Waals surface area (Å²) in [6.45, 7) is 3.45. The van der Waals surface area contributed by atoms with Crippen molar-refractivity contribution >= 4 is 23.3 Å². The first-order valence-corrected chi connectivity index (χ1v) is 9.30. The van der Waals surface area contributed by atoms with Gasteiger partial charge < -0.3 is 15.4 Å². The van der Waals surface area contributed by atoms with Crippen LogP contribution in [-0.2, 0) is 11.2 Å². The lowest BCUT2D eigenvalue weighted by atomic mass is 9.92. The second kappa shape index (κ2) is 8.13. The predicted octanol–water partition coefficient (Wildman–Crippen LogP) is 2.53. The van der Waals surface area contributed by atoms with Crippen LogP contribution in [0.15, 0.2) is 35.3 Å². The summed E-state index contributed by atoms with van der Waals surface area (Å²) in [5.41, 5.74) is 7.84. The zero-order valence-electron chi connectivity index (χ0n) is 14.5. The van der Waals surface area contributed by atoms with E-state index in [0.29, 0.717) is 24.7 Å². The first-order valence-electron chi connectivity index (χ1n) is 8.42. The SMILES string of the molecule is CC1c2cc(OCCN)ccc2CCN1C(=O)C(C#N)=Cc1nccs1. The molecule has 26 heavy (non-hydrogen) atoms. The summed E-state index contributed by atoms with van der Waals surface area (Å²) in [5.74, 6) is 0.475. The van der Waals surface area contributed by atoms with Crippen molar-refractivity contribution in [3.8, 4) is 11.8 Å². The number of fused-ring (bicyclic) bond motifs is 1. The third kappa shape index (κ3) is 3.77. The van der Waals surface area contributed by atoms with Gasteiger partial charge in [-0.2, -0.15) is 5.26 Å². The number of nitrogens with zero attached hydrogens (tertiary/aromatic N) is 3. The molecule has 1 atom stereocenters. The van der Waals surface area contributed by atoms with Gasteiger partial charge in [-0.25, -0.2) is 4.98 Å². The van der Waals surface area contributed by atoms with Gasteiger partial charge in [0.1, 0.15) is 29.0 Å². The summed E-state index contributed by atoms with van der Waals surface area (Å²) in [6.07, 6.45) is 3.95. The van der Waals surface area contributed by atoms with Crippen LogP contribution in [0.2, 0.25) is 0 Å². The largest absolute Gasteiger partial charge is 0.492 e. The quantitative estimate of drug-likeness (QED) is 0.647. The molecule has 1 unspecified atom stereocenters. The Bertz CT molecular complexity index is 855. The molecule has 1 aromatic heterocycles. The van der Waals surface area contributed by atoms with Crippen LogP contribution in [0.4, 0.5) is 0 Å². The summed E-state index contributed by atoms with van der Waals surface area (Å²) < 4.78 is 5.60. The molecule has 0 aliphatic carbocycles. The Morgan fingerprint density at radius 2 is 2.42 bits per heavy atom. The molecular weight excluding hydrogens is 348 g/mol. The second-order valence-electron chi connectivity index (χ2n) is 5.96. The highest BCUT2D eigenvalue weighted by atomic mass is 32.1. The highest BCUT2D eigenvalue weighted by Crippen LogP contribution is 2.33. The van der Waals surface area contributed by atoms with E-state index in [4.69, 9.17) is 10.5 Å². The average molecular weight is 368 g/mol. The number of nitrogens with two attached hydrogens (primary N) is 1. The molecule has 0 fully saturated rings. The van der Waals surface area contributed by atoms with Crippen LogP contribution in [-0.4, -0.2) is 35.5 Å².